The third-order valence-corrected chi connectivity index (χ3v) is 5.57. The summed E-state index contributed by atoms with van der Waals surface area (Å²) < 4.78 is 0.795. The summed E-state index contributed by atoms with van der Waals surface area (Å²) >= 11 is 3.40. The quantitative estimate of drug-likeness (QED) is 0.899. The van der Waals surface area contributed by atoms with E-state index >= 15 is 0 Å². The zero-order chi connectivity index (χ0) is 14.7. The predicted molar refractivity (Wildman–Crippen MR) is 89.5 cm³/mol. The van der Waals surface area contributed by atoms with E-state index in [4.69, 9.17) is 0 Å². The Morgan fingerprint density at radius 3 is 2.48 bits per heavy atom. The first-order valence-electron chi connectivity index (χ1n) is 8.17. The molecule has 0 bridgehead atoms. The largest absolute Gasteiger partial charge is 0.506 e. The van der Waals surface area contributed by atoms with Crippen molar-refractivity contribution >= 4 is 15.9 Å². The minimum absolute atomic E-state index is 0.399. The Kier molecular flexibility index (Phi) is 5.19. The molecule has 0 amide bonds. The fourth-order valence-corrected chi connectivity index (χ4v) is 4.06. The van der Waals surface area contributed by atoms with Gasteiger partial charge >= 0.3 is 0 Å². The molecule has 3 nitrogen and oxygen atoms in total. The van der Waals surface area contributed by atoms with Gasteiger partial charge in [-0.05, 0) is 73.9 Å². The summed E-state index contributed by atoms with van der Waals surface area (Å²) in [6.07, 6.45) is 6.72. The van der Waals surface area contributed by atoms with Crippen molar-refractivity contribution in [3.8, 4) is 5.75 Å². The van der Waals surface area contributed by atoms with Crippen LogP contribution in [0.4, 0.5) is 0 Å². The SMILES string of the molecule is Oc1c(Br)cccc1CN1CCC(N2CCCCC2)CC1. The maximum atomic E-state index is 10.1. The molecule has 0 unspecified atom stereocenters. The maximum Gasteiger partial charge on any atom is 0.134 e. The number of benzene rings is 1. The molecule has 2 aliphatic heterocycles. The molecule has 116 valence electrons. The topological polar surface area (TPSA) is 26.7 Å². The van der Waals surface area contributed by atoms with Crippen LogP contribution >= 0.6 is 15.9 Å². The molecule has 0 radical (unpaired) electrons. The van der Waals surface area contributed by atoms with Gasteiger partial charge in [-0.2, -0.15) is 0 Å². The lowest BCUT2D eigenvalue weighted by Gasteiger charge is -2.40. The van der Waals surface area contributed by atoms with Crippen molar-refractivity contribution in [2.24, 2.45) is 0 Å². The number of para-hydroxylation sites is 1. The summed E-state index contributed by atoms with van der Waals surface area (Å²) in [5.41, 5.74) is 1.03. The van der Waals surface area contributed by atoms with E-state index in [1.54, 1.807) is 0 Å². The maximum absolute atomic E-state index is 10.1. The van der Waals surface area contributed by atoms with Crippen molar-refractivity contribution in [1.29, 1.82) is 0 Å². The molecule has 1 aromatic carbocycles. The van der Waals surface area contributed by atoms with Gasteiger partial charge in [-0.25, -0.2) is 0 Å². The van der Waals surface area contributed by atoms with E-state index in [-0.39, 0.29) is 0 Å². The van der Waals surface area contributed by atoms with Crippen LogP contribution < -0.4 is 0 Å². The highest BCUT2D eigenvalue weighted by Gasteiger charge is 2.25. The molecule has 2 fully saturated rings. The van der Waals surface area contributed by atoms with Crippen LogP contribution in [0.15, 0.2) is 22.7 Å². The number of halogens is 1. The van der Waals surface area contributed by atoms with E-state index in [0.717, 1.165) is 35.7 Å². The summed E-state index contributed by atoms with van der Waals surface area (Å²) in [6, 6.07) is 6.70. The highest BCUT2D eigenvalue weighted by Crippen LogP contribution is 2.29. The Bertz CT molecular complexity index is 466. The van der Waals surface area contributed by atoms with E-state index in [1.807, 2.05) is 18.2 Å². The standard InChI is InChI=1S/C17H25BrN2O/c18-16-6-4-5-14(17(16)21)13-19-11-7-15(8-12-19)20-9-2-1-3-10-20/h4-6,15,21H,1-3,7-13H2. The molecule has 0 atom stereocenters. The van der Waals surface area contributed by atoms with E-state index < -0.39 is 0 Å². The van der Waals surface area contributed by atoms with Crippen LogP contribution in [0.3, 0.4) is 0 Å². The van der Waals surface area contributed by atoms with Gasteiger partial charge in [0.25, 0.3) is 0 Å². The summed E-state index contributed by atoms with van der Waals surface area (Å²) in [5.74, 6) is 0.399. The summed E-state index contributed by atoms with van der Waals surface area (Å²) in [6.45, 7) is 5.76. The van der Waals surface area contributed by atoms with Crippen LogP contribution in [0.2, 0.25) is 0 Å². The number of likely N-dealkylation sites (tertiary alicyclic amines) is 2. The first-order valence-corrected chi connectivity index (χ1v) is 8.96. The first-order chi connectivity index (χ1) is 10.2. The van der Waals surface area contributed by atoms with Crippen molar-refractivity contribution in [2.75, 3.05) is 26.2 Å². The Morgan fingerprint density at radius 1 is 1.05 bits per heavy atom. The van der Waals surface area contributed by atoms with Gasteiger partial charge in [0, 0.05) is 18.2 Å². The van der Waals surface area contributed by atoms with Gasteiger partial charge in [-0.15, -0.1) is 0 Å². The normalized spacial score (nSPS) is 22.5. The minimum atomic E-state index is 0.399. The number of hydrogen-bond acceptors (Lipinski definition) is 3. The van der Waals surface area contributed by atoms with Gasteiger partial charge in [-0.3, -0.25) is 4.90 Å². The molecular formula is C17H25BrN2O. The van der Waals surface area contributed by atoms with Crippen molar-refractivity contribution in [3.05, 3.63) is 28.2 Å². The molecular weight excluding hydrogens is 328 g/mol. The molecule has 3 rings (SSSR count). The van der Waals surface area contributed by atoms with Crippen LogP contribution in [0, 0.1) is 0 Å². The summed E-state index contributed by atoms with van der Waals surface area (Å²) in [5, 5.41) is 10.1. The van der Waals surface area contributed by atoms with Gasteiger partial charge in [0.2, 0.25) is 0 Å². The Balaban J connectivity index is 1.52. The lowest BCUT2D eigenvalue weighted by molar-refractivity contribution is 0.0893. The van der Waals surface area contributed by atoms with E-state index in [9.17, 15) is 5.11 Å². The van der Waals surface area contributed by atoms with Crippen molar-refractivity contribution in [3.63, 3.8) is 0 Å². The molecule has 0 saturated carbocycles. The van der Waals surface area contributed by atoms with Crippen LogP contribution in [0.25, 0.3) is 0 Å². The molecule has 2 saturated heterocycles. The van der Waals surface area contributed by atoms with Crippen LogP contribution in [0.5, 0.6) is 5.75 Å². The second-order valence-corrected chi connectivity index (χ2v) is 7.21. The highest BCUT2D eigenvalue weighted by molar-refractivity contribution is 9.10. The number of hydrogen-bond donors (Lipinski definition) is 1. The molecule has 0 aromatic heterocycles. The number of phenolic OH excluding ortho intramolecular Hbond substituents is 1. The van der Waals surface area contributed by atoms with E-state index in [2.05, 4.69) is 25.7 Å². The monoisotopic (exact) mass is 352 g/mol. The molecule has 21 heavy (non-hydrogen) atoms. The molecule has 0 spiro atoms. The molecule has 4 heteroatoms. The van der Waals surface area contributed by atoms with E-state index in [1.165, 1.54) is 45.2 Å². The molecule has 2 heterocycles. The highest BCUT2D eigenvalue weighted by atomic mass is 79.9. The third kappa shape index (κ3) is 3.79. The van der Waals surface area contributed by atoms with Crippen LogP contribution in [-0.2, 0) is 6.54 Å². The van der Waals surface area contributed by atoms with Crippen LogP contribution in [0.1, 0.15) is 37.7 Å². The Morgan fingerprint density at radius 2 is 1.76 bits per heavy atom. The summed E-state index contributed by atoms with van der Waals surface area (Å²) in [4.78, 5) is 5.18. The number of phenols is 1. The number of rotatable bonds is 3. The van der Waals surface area contributed by atoms with Crippen molar-refractivity contribution in [1.82, 2.24) is 9.80 Å². The Labute approximate surface area is 136 Å². The third-order valence-electron chi connectivity index (χ3n) is 4.93. The zero-order valence-electron chi connectivity index (χ0n) is 12.6. The fourth-order valence-electron chi connectivity index (χ4n) is 3.65. The van der Waals surface area contributed by atoms with Gasteiger partial charge in [0.15, 0.2) is 0 Å². The second kappa shape index (κ2) is 7.12. The van der Waals surface area contributed by atoms with Crippen LogP contribution in [-0.4, -0.2) is 47.1 Å². The van der Waals surface area contributed by atoms with Gasteiger partial charge in [0.1, 0.15) is 5.75 Å². The fraction of sp³-hybridized carbons (Fsp3) is 0.647. The molecule has 2 aliphatic rings. The van der Waals surface area contributed by atoms with Crippen molar-refractivity contribution < 1.29 is 5.11 Å². The van der Waals surface area contributed by atoms with Gasteiger partial charge < -0.3 is 10.0 Å². The van der Waals surface area contributed by atoms with Crippen molar-refractivity contribution in [2.45, 2.75) is 44.7 Å². The van der Waals surface area contributed by atoms with E-state index in [0.29, 0.717) is 5.75 Å². The lowest BCUT2D eigenvalue weighted by atomic mass is 9.99. The van der Waals surface area contributed by atoms with Gasteiger partial charge in [0.05, 0.1) is 4.47 Å². The average molecular weight is 353 g/mol. The Hall–Kier alpha value is -0.580. The zero-order valence-corrected chi connectivity index (χ0v) is 14.2. The number of nitrogens with zero attached hydrogens (tertiary/aromatic N) is 2. The van der Waals surface area contributed by atoms with Gasteiger partial charge in [-0.1, -0.05) is 18.6 Å². The average Bonchev–Trinajstić information content (AvgIpc) is 2.53. The summed E-state index contributed by atoms with van der Waals surface area (Å²) in [7, 11) is 0. The lowest BCUT2D eigenvalue weighted by Crippen LogP contribution is -2.46. The molecule has 0 aliphatic carbocycles. The second-order valence-electron chi connectivity index (χ2n) is 6.35. The molecule has 1 aromatic rings. The predicted octanol–water partition coefficient (Wildman–Crippen LogP) is 3.61. The minimum Gasteiger partial charge on any atom is -0.506 e. The first kappa shape index (κ1) is 15.3. The number of piperidine rings is 2. The smallest absolute Gasteiger partial charge is 0.134 e. The number of aromatic hydroxyl groups is 1. The molecule has 1 N–H and O–H groups in total.